The molecule has 0 unspecified atom stereocenters. The summed E-state index contributed by atoms with van der Waals surface area (Å²) in [7, 11) is 0. The van der Waals surface area contributed by atoms with E-state index in [9.17, 15) is 9.59 Å². The lowest BCUT2D eigenvalue weighted by molar-refractivity contribution is -0.144. The van der Waals surface area contributed by atoms with E-state index in [1.54, 1.807) is 6.92 Å². The highest BCUT2D eigenvalue weighted by Gasteiger charge is 2.14. The zero-order valence-electron chi connectivity index (χ0n) is 11.5. The summed E-state index contributed by atoms with van der Waals surface area (Å²) in [6.07, 6.45) is 3.41. The molecule has 0 fully saturated rings. The molecule has 0 radical (unpaired) electrons. The van der Waals surface area contributed by atoms with Gasteiger partial charge in [0.05, 0.1) is 6.61 Å². The van der Waals surface area contributed by atoms with Crippen LogP contribution in [-0.2, 0) is 14.3 Å². The first kappa shape index (κ1) is 15.9. The van der Waals surface area contributed by atoms with Gasteiger partial charge in [0.1, 0.15) is 6.54 Å². The van der Waals surface area contributed by atoms with Crippen molar-refractivity contribution in [2.45, 2.75) is 53.4 Å². The van der Waals surface area contributed by atoms with Gasteiger partial charge in [-0.05, 0) is 18.3 Å². The molecule has 4 nitrogen and oxygen atoms in total. The van der Waals surface area contributed by atoms with Gasteiger partial charge < -0.3 is 10.1 Å². The first-order chi connectivity index (χ1) is 7.91. The first-order valence-corrected chi connectivity index (χ1v) is 6.33. The molecule has 0 heterocycles. The number of rotatable bonds is 8. The van der Waals surface area contributed by atoms with Crippen LogP contribution in [0, 0.1) is 5.41 Å². The van der Waals surface area contributed by atoms with Crippen molar-refractivity contribution in [3.8, 4) is 0 Å². The van der Waals surface area contributed by atoms with Crippen LogP contribution in [-0.4, -0.2) is 25.0 Å². The number of carbonyl (C=O) groups excluding carboxylic acids is 2. The maximum Gasteiger partial charge on any atom is 0.325 e. The molecule has 0 aromatic carbocycles. The lowest BCUT2D eigenvalue weighted by Gasteiger charge is -2.21. The third-order valence-electron chi connectivity index (χ3n) is 2.97. The minimum Gasteiger partial charge on any atom is -0.464 e. The highest BCUT2D eigenvalue weighted by molar-refractivity contribution is 5.81. The van der Waals surface area contributed by atoms with Gasteiger partial charge in [0, 0.05) is 7.85 Å². The van der Waals surface area contributed by atoms with Crippen LogP contribution in [0.1, 0.15) is 54.8 Å². The largest absolute Gasteiger partial charge is 0.464 e. The topological polar surface area (TPSA) is 55.4 Å². The van der Waals surface area contributed by atoms with Crippen LogP contribution in [0.25, 0.3) is 0 Å². The molecule has 0 atom stereocenters. The quantitative estimate of drug-likeness (QED) is 0.528. The minimum atomic E-state index is -0.360. The number of ether oxygens (including phenoxy) is 1. The van der Waals surface area contributed by atoms with Gasteiger partial charge in [-0.3, -0.25) is 9.59 Å². The zero-order valence-corrected chi connectivity index (χ0v) is 11.5. The SMILES string of the molecule is CCC(=O)NCC(=O)OCCCC(C)(C)CC.[HH]. The van der Waals surface area contributed by atoms with Crippen molar-refractivity contribution < 1.29 is 15.8 Å². The molecular weight excluding hydrogens is 218 g/mol. The van der Waals surface area contributed by atoms with Gasteiger partial charge in [0.15, 0.2) is 0 Å². The molecule has 17 heavy (non-hydrogen) atoms. The number of hydrogen-bond donors (Lipinski definition) is 1. The Bertz CT molecular complexity index is 255. The Balaban J connectivity index is 0. The van der Waals surface area contributed by atoms with Crippen molar-refractivity contribution >= 4 is 11.9 Å². The average Bonchev–Trinajstić information content (AvgIpc) is 2.31. The maximum absolute atomic E-state index is 11.2. The fourth-order valence-electron chi connectivity index (χ4n) is 1.26. The fourth-order valence-corrected chi connectivity index (χ4v) is 1.26. The van der Waals surface area contributed by atoms with Crippen molar-refractivity contribution in [1.82, 2.24) is 5.32 Å². The van der Waals surface area contributed by atoms with Crippen LogP contribution in [0.15, 0.2) is 0 Å². The summed E-state index contributed by atoms with van der Waals surface area (Å²) in [5.41, 5.74) is 0.308. The Labute approximate surface area is 106 Å². The highest BCUT2D eigenvalue weighted by atomic mass is 16.5. The van der Waals surface area contributed by atoms with E-state index in [2.05, 4.69) is 26.1 Å². The van der Waals surface area contributed by atoms with E-state index in [0.29, 0.717) is 18.4 Å². The lowest BCUT2D eigenvalue weighted by atomic mass is 9.85. The lowest BCUT2D eigenvalue weighted by Crippen LogP contribution is -2.30. The molecule has 0 aliphatic carbocycles. The second kappa shape index (κ2) is 8.09. The summed E-state index contributed by atoms with van der Waals surface area (Å²) in [5.74, 6) is -0.491. The molecule has 1 N–H and O–H groups in total. The Kier molecular flexibility index (Phi) is 7.59. The van der Waals surface area contributed by atoms with Crippen molar-refractivity contribution in [3.05, 3.63) is 0 Å². The molecule has 4 heteroatoms. The smallest absolute Gasteiger partial charge is 0.325 e. The zero-order chi connectivity index (χ0) is 13.3. The highest BCUT2D eigenvalue weighted by Crippen LogP contribution is 2.25. The summed E-state index contributed by atoms with van der Waals surface area (Å²) in [6, 6.07) is 0. The molecule has 102 valence electrons. The van der Waals surface area contributed by atoms with Crippen molar-refractivity contribution in [2.24, 2.45) is 5.41 Å². The van der Waals surface area contributed by atoms with Gasteiger partial charge in [0.2, 0.25) is 5.91 Å². The molecule has 0 aliphatic heterocycles. The van der Waals surface area contributed by atoms with Gasteiger partial charge in [-0.15, -0.1) is 0 Å². The van der Waals surface area contributed by atoms with E-state index in [1.165, 1.54) is 0 Å². The van der Waals surface area contributed by atoms with Gasteiger partial charge in [-0.1, -0.05) is 34.1 Å². The predicted molar refractivity (Wildman–Crippen MR) is 69.7 cm³/mol. The van der Waals surface area contributed by atoms with E-state index in [0.717, 1.165) is 19.3 Å². The van der Waals surface area contributed by atoms with Crippen LogP contribution in [0.5, 0.6) is 0 Å². The van der Waals surface area contributed by atoms with E-state index in [4.69, 9.17) is 4.74 Å². The summed E-state index contributed by atoms with van der Waals surface area (Å²) in [4.78, 5) is 22.1. The summed E-state index contributed by atoms with van der Waals surface area (Å²) >= 11 is 0. The number of hydrogen-bond acceptors (Lipinski definition) is 3. The average molecular weight is 245 g/mol. The van der Waals surface area contributed by atoms with E-state index in [-0.39, 0.29) is 19.8 Å². The number of nitrogens with one attached hydrogen (secondary N) is 1. The van der Waals surface area contributed by atoms with Gasteiger partial charge in [0.25, 0.3) is 0 Å². The van der Waals surface area contributed by atoms with Gasteiger partial charge in [-0.2, -0.15) is 0 Å². The van der Waals surface area contributed by atoms with Crippen LogP contribution in [0.4, 0.5) is 0 Å². The predicted octanol–water partition coefficient (Wildman–Crippen LogP) is 2.52. The standard InChI is InChI=1S/C13H25NO3.H2/c1-5-11(15)14-10-12(16)17-9-7-8-13(3,4)6-2;/h5-10H2,1-4H3,(H,14,15);1H. The second-order valence-corrected chi connectivity index (χ2v) is 4.97. The van der Waals surface area contributed by atoms with Crippen LogP contribution in [0.3, 0.4) is 0 Å². The molecule has 1 amide bonds. The van der Waals surface area contributed by atoms with Crippen LogP contribution in [0.2, 0.25) is 0 Å². The number of esters is 1. The molecule has 0 aliphatic rings. The number of carbonyl (C=O) groups is 2. The second-order valence-electron chi connectivity index (χ2n) is 4.97. The van der Waals surface area contributed by atoms with Gasteiger partial charge in [-0.25, -0.2) is 0 Å². The molecule has 0 aromatic rings. The molecular formula is C13H27NO3. The third kappa shape index (κ3) is 8.72. The monoisotopic (exact) mass is 245 g/mol. The molecule has 0 rings (SSSR count). The third-order valence-corrected chi connectivity index (χ3v) is 2.97. The fraction of sp³-hybridized carbons (Fsp3) is 0.846. The van der Waals surface area contributed by atoms with Crippen LogP contribution >= 0.6 is 0 Å². The van der Waals surface area contributed by atoms with Crippen LogP contribution < -0.4 is 5.32 Å². The number of amides is 1. The molecule has 0 spiro atoms. The van der Waals surface area contributed by atoms with Crippen molar-refractivity contribution in [1.29, 1.82) is 0 Å². The maximum atomic E-state index is 11.2. The normalized spacial score (nSPS) is 11.1. The molecule has 0 aromatic heterocycles. The van der Waals surface area contributed by atoms with Crippen molar-refractivity contribution in [3.63, 3.8) is 0 Å². The van der Waals surface area contributed by atoms with E-state index >= 15 is 0 Å². The Morgan fingerprint density at radius 1 is 1.29 bits per heavy atom. The van der Waals surface area contributed by atoms with E-state index in [1.807, 2.05) is 0 Å². The minimum absolute atomic E-state index is 0. The first-order valence-electron chi connectivity index (χ1n) is 6.33. The molecule has 0 saturated carbocycles. The van der Waals surface area contributed by atoms with E-state index < -0.39 is 0 Å². The molecule has 0 saturated heterocycles. The Hall–Kier alpha value is -1.06. The summed E-state index contributed by atoms with van der Waals surface area (Å²) < 4.78 is 5.02. The molecule has 0 bridgehead atoms. The summed E-state index contributed by atoms with van der Waals surface area (Å²) in [6.45, 7) is 8.72. The summed E-state index contributed by atoms with van der Waals surface area (Å²) in [5, 5.41) is 2.49. The Morgan fingerprint density at radius 2 is 1.94 bits per heavy atom. The Morgan fingerprint density at radius 3 is 2.47 bits per heavy atom. The van der Waals surface area contributed by atoms with Crippen molar-refractivity contribution in [2.75, 3.05) is 13.2 Å². The van der Waals surface area contributed by atoms with Gasteiger partial charge >= 0.3 is 5.97 Å².